The van der Waals surface area contributed by atoms with Crippen LogP contribution in [0, 0.1) is 0 Å². The fourth-order valence-electron chi connectivity index (χ4n) is 1.28. The molecule has 0 aliphatic rings. The van der Waals surface area contributed by atoms with Crippen molar-refractivity contribution in [3.63, 3.8) is 0 Å². The Balaban J connectivity index is 2.22. The van der Waals surface area contributed by atoms with Gasteiger partial charge in [0.05, 0.1) is 28.5 Å². The van der Waals surface area contributed by atoms with E-state index in [0.29, 0.717) is 21.4 Å². The number of nitrogens with two attached hydrogens (primary N) is 1. The first-order valence-electron chi connectivity index (χ1n) is 4.72. The quantitative estimate of drug-likeness (QED) is 0.833. The van der Waals surface area contributed by atoms with Crippen LogP contribution in [0.1, 0.15) is 5.82 Å². The molecule has 1 aromatic heterocycles. The SMILES string of the molecule is Cn1nnc(CS(=O)c2cc(Cl)ccc2N)n1. The summed E-state index contributed by atoms with van der Waals surface area (Å²) >= 11 is 5.83. The van der Waals surface area contributed by atoms with Crippen molar-refractivity contribution in [3.05, 3.63) is 29.0 Å². The summed E-state index contributed by atoms with van der Waals surface area (Å²) in [5.41, 5.74) is 6.18. The van der Waals surface area contributed by atoms with Crippen LogP contribution in [0.25, 0.3) is 0 Å². The third kappa shape index (κ3) is 2.80. The van der Waals surface area contributed by atoms with Crippen molar-refractivity contribution >= 4 is 28.1 Å². The standard InChI is InChI=1S/C9H10ClN5OS/c1-15-13-9(12-14-15)5-17(16)8-4-6(10)2-3-7(8)11/h2-4H,5,11H2,1H3. The molecule has 8 heteroatoms. The molecule has 0 aliphatic carbocycles. The van der Waals surface area contributed by atoms with Gasteiger partial charge in [-0.2, -0.15) is 4.80 Å². The lowest BCUT2D eigenvalue weighted by atomic mass is 10.3. The third-order valence-electron chi connectivity index (χ3n) is 2.03. The van der Waals surface area contributed by atoms with Gasteiger partial charge in [-0.1, -0.05) is 11.6 Å². The number of nitrogen functional groups attached to an aromatic ring is 1. The lowest BCUT2D eigenvalue weighted by Crippen LogP contribution is -2.02. The van der Waals surface area contributed by atoms with Crippen molar-refractivity contribution in [3.8, 4) is 0 Å². The Labute approximate surface area is 105 Å². The number of benzene rings is 1. The molecular weight excluding hydrogens is 262 g/mol. The zero-order valence-electron chi connectivity index (χ0n) is 9.00. The number of aromatic nitrogens is 4. The van der Waals surface area contributed by atoms with E-state index in [4.69, 9.17) is 17.3 Å². The number of rotatable bonds is 3. The smallest absolute Gasteiger partial charge is 0.187 e. The predicted molar refractivity (Wildman–Crippen MR) is 64.8 cm³/mol. The number of hydrogen-bond acceptors (Lipinski definition) is 5. The molecule has 1 atom stereocenters. The minimum Gasteiger partial charge on any atom is -0.398 e. The highest BCUT2D eigenvalue weighted by atomic mass is 35.5. The van der Waals surface area contributed by atoms with Crippen molar-refractivity contribution in [2.45, 2.75) is 10.6 Å². The van der Waals surface area contributed by atoms with Gasteiger partial charge in [0.25, 0.3) is 0 Å². The fraction of sp³-hybridized carbons (Fsp3) is 0.222. The first kappa shape index (κ1) is 12.0. The molecule has 0 spiro atoms. The van der Waals surface area contributed by atoms with Crippen LogP contribution in [0.4, 0.5) is 5.69 Å². The monoisotopic (exact) mass is 271 g/mol. The van der Waals surface area contributed by atoms with Crippen molar-refractivity contribution in [1.82, 2.24) is 20.2 Å². The molecule has 0 bridgehead atoms. The summed E-state index contributed by atoms with van der Waals surface area (Å²) in [6, 6.07) is 4.86. The Bertz CT molecular complexity index is 570. The summed E-state index contributed by atoms with van der Waals surface area (Å²) in [5.74, 6) is 0.573. The van der Waals surface area contributed by atoms with E-state index in [-0.39, 0.29) is 5.75 Å². The Kier molecular flexibility index (Phi) is 3.39. The number of tetrazole rings is 1. The Morgan fingerprint density at radius 2 is 2.29 bits per heavy atom. The number of hydrogen-bond donors (Lipinski definition) is 1. The van der Waals surface area contributed by atoms with E-state index in [1.165, 1.54) is 4.80 Å². The average Bonchev–Trinajstić information content (AvgIpc) is 2.67. The highest BCUT2D eigenvalue weighted by Gasteiger charge is 2.12. The van der Waals surface area contributed by atoms with E-state index in [9.17, 15) is 4.21 Å². The molecule has 1 aromatic carbocycles. The molecule has 0 radical (unpaired) electrons. The molecule has 17 heavy (non-hydrogen) atoms. The first-order chi connectivity index (χ1) is 8.06. The van der Waals surface area contributed by atoms with Gasteiger partial charge in [0.15, 0.2) is 5.82 Å². The molecular formula is C9H10ClN5OS. The van der Waals surface area contributed by atoms with E-state index in [0.717, 1.165) is 0 Å². The van der Waals surface area contributed by atoms with Crippen molar-refractivity contribution < 1.29 is 4.21 Å². The molecule has 0 amide bonds. The van der Waals surface area contributed by atoms with Crippen LogP contribution in [0.5, 0.6) is 0 Å². The van der Waals surface area contributed by atoms with Gasteiger partial charge in [0.2, 0.25) is 0 Å². The predicted octanol–water partition coefficient (Wildman–Crippen LogP) is 0.753. The van der Waals surface area contributed by atoms with Crippen LogP contribution >= 0.6 is 11.6 Å². The summed E-state index contributed by atoms with van der Waals surface area (Å²) in [4.78, 5) is 1.80. The minimum atomic E-state index is -1.33. The number of anilines is 1. The summed E-state index contributed by atoms with van der Waals surface area (Å²) in [7, 11) is 0.315. The van der Waals surface area contributed by atoms with Gasteiger partial charge < -0.3 is 5.73 Å². The van der Waals surface area contributed by atoms with Crippen LogP contribution in [0.2, 0.25) is 5.02 Å². The normalized spacial score (nSPS) is 12.6. The van der Waals surface area contributed by atoms with Gasteiger partial charge in [0.1, 0.15) is 0 Å². The molecule has 0 aliphatic heterocycles. The number of nitrogens with zero attached hydrogens (tertiary/aromatic N) is 4. The second-order valence-electron chi connectivity index (χ2n) is 3.37. The Morgan fingerprint density at radius 1 is 1.53 bits per heavy atom. The molecule has 0 saturated heterocycles. The van der Waals surface area contributed by atoms with Crippen LogP contribution in [0.15, 0.2) is 23.1 Å². The molecule has 1 unspecified atom stereocenters. The molecule has 2 N–H and O–H groups in total. The molecule has 0 saturated carbocycles. The molecule has 1 heterocycles. The van der Waals surface area contributed by atoms with E-state index >= 15 is 0 Å². The Hall–Kier alpha value is -1.47. The highest BCUT2D eigenvalue weighted by Crippen LogP contribution is 2.22. The van der Waals surface area contributed by atoms with Gasteiger partial charge in [0, 0.05) is 10.7 Å². The van der Waals surface area contributed by atoms with Crippen LogP contribution < -0.4 is 5.73 Å². The second-order valence-corrected chi connectivity index (χ2v) is 5.22. The van der Waals surface area contributed by atoms with Gasteiger partial charge in [-0.15, -0.1) is 10.2 Å². The lowest BCUT2D eigenvalue weighted by molar-refractivity contribution is 0.628. The summed E-state index contributed by atoms with van der Waals surface area (Å²) < 4.78 is 12.1. The molecule has 0 fully saturated rings. The Morgan fingerprint density at radius 3 is 2.94 bits per heavy atom. The maximum absolute atomic E-state index is 12.1. The second kappa shape index (κ2) is 4.80. The molecule has 6 nitrogen and oxygen atoms in total. The zero-order valence-corrected chi connectivity index (χ0v) is 10.6. The summed E-state index contributed by atoms with van der Waals surface area (Å²) in [6.45, 7) is 0. The molecule has 2 aromatic rings. The van der Waals surface area contributed by atoms with E-state index in [1.807, 2.05) is 0 Å². The van der Waals surface area contributed by atoms with Gasteiger partial charge in [-0.25, -0.2) is 0 Å². The van der Waals surface area contributed by atoms with E-state index < -0.39 is 10.8 Å². The van der Waals surface area contributed by atoms with Crippen molar-refractivity contribution in [2.75, 3.05) is 5.73 Å². The maximum Gasteiger partial charge on any atom is 0.187 e. The fourth-order valence-corrected chi connectivity index (χ4v) is 2.61. The molecule has 90 valence electrons. The first-order valence-corrected chi connectivity index (χ1v) is 6.42. The van der Waals surface area contributed by atoms with E-state index in [1.54, 1.807) is 25.2 Å². The maximum atomic E-state index is 12.1. The van der Waals surface area contributed by atoms with Gasteiger partial charge in [-0.05, 0) is 23.4 Å². The van der Waals surface area contributed by atoms with Crippen LogP contribution in [-0.2, 0) is 23.6 Å². The van der Waals surface area contributed by atoms with Crippen molar-refractivity contribution in [2.24, 2.45) is 7.05 Å². The minimum absolute atomic E-state index is 0.165. The highest BCUT2D eigenvalue weighted by molar-refractivity contribution is 7.84. The number of aryl methyl sites for hydroxylation is 1. The molecule has 2 rings (SSSR count). The van der Waals surface area contributed by atoms with Gasteiger partial charge >= 0.3 is 0 Å². The van der Waals surface area contributed by atoms with Crippen molar-refractivity contribution in [1.29, 1.82) is 0 Å². The van der Waals surface area contributed by atoms with Crippen LogP contribution in [0.3, 0.4) is 0 Å². The van der Waals surface area contributed by atoms with Gasteiger partial charge in [-0.3, -0.25) is 4.21 Å². The van der Waals surface area contributed by atoms with E-state index in [2.05, 4.69) is 15.4 Å². The third-order valence-corrected chi connectivity index (χ3v) is 3.63. The summed E-state index contributed by atoms with van der Waals surface area (Å²) in [5, 5.41) is 11.9. The number of halogens is 1. The largest absolute Gasteiger partial charge is 0.398 e. The lowest BCUT2D eigenvalue weighted by Gasteiger charge is -2.04. The topological polar surface area (TPSA) is 86.7 Å². The van der Waals surface area contributed by atoms with Crippen LogP contribution in [-0.4, -0.2) is 24.4 Å². The average molecular weight is 272 g/mol. The summed E-state index contributed by atoms with van der Waals surface area (Å²) in [6.07, 6.45) is 0. The zero-order chi connectivity index (χ0) is 12.4.